The number of aromatic amines is 1. The standard InChI is InChI=1S/C26H21F2N3O5S/c1-14(2)37(34,35)30-26(33)23-21(17-7-5-10-29-25(17)32)22-20(12-19(28)16-9-11-36-24(16)22)31(23)13-15-6-3-4-8-18(15)27/h3-12,14H,13H2,1-2H3,(H,29,32)(H,30,33). The number of benzene rings is 2. The number of H-pyrrole nitrogens is 1. The van der Waals surface area contributed by atoms with Gasteiger partial charge in [0.25, 0.3) is 11.5 Å². The fourth-order valence-electron chi connectivity index (χ4n) is 4.28. The van der Waals surface area contributed by atoms with Crippen LogP contribution >= 0.6 is 0 Å². The zero-order chi connectivity index (χ0) is 26.5. The fourth-order valence-corrected chi connectivity index (χ4v) is 4.87. The van der Waals surface area contributed by atoms with Crippen molar-refractivity contribution in [2.45, 2.75) is 25.6 Å². The number of amides is 1. The molecule has 0 saturated carbocycles. The molecule has 0 fully saturated rings. The monoisotopic (exact) mass is 525 g/mol. The third-order valence-corrected chi connectivity index (χ3v) is 7.87. The van der Waals surface area contributed by atoms with Crippen LogP contribution in [0.5, 0.6) is 0 Å². The summed E-state index contributed by atoms with van der Waals surface area (Å²) in [5.74, 6) is -2.30. The van der Waals surface area contributed by atoms with Crippen molar-refractivity contribution in [2.24, 2.45) is 0 Å². The molecular weight excluding hydrogens is 504 g/mol. The van der Waals surface area contributed by atoms with Gasteiger partial charge in [-0.15, -0.1) is 0 Å². The van der Waals surface area contributed by atoms with Crippen LogP contribution < -0.4 is 10.3 Å². The summed E-state index contributed by atoms with van der Waals surface area (Å²) in [6.45, 7) is 2.54. The van der Waals surface area contributed by atoms with E-state index in [1.807, 2.05) is 4.72 Å². The molecule has 5 rings (SSSR count). The zero-order valence-corrected chi connectivity index (χ0v) is 20.5. The maximum Gasteiger partial charge on any atom is 0.282 e. The number of sulfonamides is 1. The molecule has 0 aliphatic carbocycles. The number of rotatable bonds is 6. The highest BCUT2D eigenvalue weighted by Gasteiger charge is 2.31. The molecule has 0 bridgehead atoms. The van der Waals surface area contributed by atoms with Gasteiger partial charge in [0, 0.05) is 17.3 Å². The lowest BCUT2D eigenvalue weighted by atomic mass is 10.0. The predicted molar refractivity (Wildman–Crippen MR) is 135 cm³/mol. The number of furan rings is 1. The summed E-state index contributed by atoms with van der Waals surface area (Å²) in [4.78, 5) is 29.1. The van der Waals surface area contributed by atoms with Gasteiger partial charge in [-0.1, -0.05) is 18.2 Å². The number of pyridine rings is 1. The Balaban J connectivity index is 1.94. The second kappa shape index (κ2) is 9.00. The maximum absolute atomic E-state index is 15.1. The number of nitrogens with zero attached hydrogens (tertiary/aromatic N) is 1. The Hall–Kier alpha value is -4.25. The number of carbonyl (C=O) groups is 1. The molecule has 5 aromatic rings. The Morgan fingerprint density at radius 2 is 1.86 bits per heavy atom. The normalized spacial score (nSPS) is 12.0. The molecule has 0 atom stereocenters. The average molecular weight is 526 g/mol. The minimum Gasteiger partial charge on any atom is -0.463 e. The zero-order valence-electron chi connectivity index (χ0n) is 19.7. The molecular formula is C26H21F2N3O5S. The summed E-state index contributed by atoms with van der Waals surface area (Å²) in [6, 6.07) is 11.4. The summed E-state index contributed by atoms with van der Waals surface area (Å²) < 4.78 is 64.1. The van der Waals surface area contributed by atoms with Gasteiger partial charge in [-0.2, -0.15) is 0 Å². The summed E-state index contributed by atoms with van der Waals surface area (Å²) >= 11 is 0. The van der Waals surface area contributed by atoms with Gasteiger partial charge in [0.05, 0.1) is 39.9 Å². The van der Waals surface area contributed by atoms with Crippen molar-refractivity contribution in [3.05, 3.63) is 94.2 Å². The first-order valence-corrected chi connectivity index (χ1v) is 12.8. The lowest BCUT2D eigenvalue weighted by Gasteiger charge is -2.14. The van der Waals surface area contributed by atoms with E-state index in [2.05, 4.69) is 4.98 Å². The molecule has 2 aromatic carbocycles. The van der Waals surface area contributed by atoms with Gasteiger partial charge in [-0.25, -0.2) is 21.9 Å². The van der Waals surface area contributed by atoms with Crippen molar-refractivity contribution in [2.75, 3.05) is 0 Å². The van der Waals surface area contributed by atoms with E-state index < -0.39 is 38.4 Å². The highest BCUT2D eigenvalue weighted by atomic mass is 32.2. The first-order chi connectivity index (χ1) is 17.6. The van der Waals surface area contributed by atoms with Gasteiger partial charge in [-0.3, -0.25) is 9.59 Å². The molecule has 0 radical (unpaired) electrons. The molecule has 0 unspecified atom stereocenters. The van der Waals surface area contributed by atoms with Gasteiger partial charge >= 0.3 is 0 Å². The van der Waals surface area contributed by atoms with Crippen molar-refractivity contribution in [1.29, 1.82) is 0 Å². The second-order valence-electron chi connectivity index (χ2n) is 8.75. The van der Waals surface area contributed by atoms with Gasteiger partial charge in [0.2, 0.25) is 10.0 Å². The van der Waals surface area contributed by atoms with Gasteiger partial charge in [0.1, 0.15) is 22.9 Å². The average Bonchev–Trinajstić information content (AvgIpc) is 3.44. The first kappa shape index (κ1) is 24.4. The summed E-state index contributed by atoms with van der Waals surface area (Å²) in [5, 5.41) is -0.633. The number of nitrogens with one attached hydrogen (secondary N) is 2. The van der Waals surface area contributed by atoms with Crippen LogP contribution in [0.4, 0.5) is 8.78 Å². The Morgan fingerprint density at radius 3 is 2.57 bits per heavy atom. The molecule has 3 heterocycles. The predicted octanol–water partition coefficient (Wildman–Crippen LogP) is 4.54. The van der Waals surface area contributed by atoms with Gasteiger partial charge in [0.15, 0.2) is 0 Å². The van der Waals surface area contributed by atoms with Crippen molar-refractivity contribution < 1.29 is 26.4 Å². The van der Waals surface area contributed by atoms with Crippen LogP contribution in [0.2, 0.25) is 0 Å². The van der Waals surface area contributed by atoms with Crippen molar-refractivity contribution in [3.63, 3.8) is 0 Å². The van der Waals surface area contributed by atoms with E-state index in [0.29, 0.717) is 0 Å². The number of fused-ring (bicyclic) bond motifs is 3. The van der Waals surface area contributed by atoms with E-state index in [1.165, 1.54) is 67.3 Å². The summed E-state index contributed by atoms with van der Waals surface area (Å²) in [5.41, 5.74) is -0.441. The van der Waals surface area contributed by atoms with E-state index in [1.54, 1.807) is 6.07 Å². The second-order valence-corrected chi connectivity index (χ2v) is 11.0. The Labute approximate surface area is 209 Å². The largest absolute Gasteiger partial charge is 0.463 e. The van der Waals surface area contributed by atoms with Crippen LogP contribution in [-0.2, 0) is 16.6 Å². The summed E-state index contributed by atoms with van der Waals surface area (Å²) in [7, 11) is -4.10. The highest BCUT2D eigenvalue weighted by molar-refractivity contribution is 7.90. The molecule has 1 amide bonds. The first-order valence-electron chi connectivity index (χ1n) is 11.3. The van der Waals surface area contributed by atoms with Crippen molar-refractivity contribution in [1.82, 2.24) is 14.3 Å². The molecule has 3 aromatic heterocycles. The molecule has 0 saturated heterocycles. The van der Waals surface area contributed by atoms with Crippen molar-refractivity contribution >= 4 is 37.8 Å². The molecule has 0 spiro atoms. The highest BCUT2D eigenvalue weighted by Crippen LogP contribution is 2.40. The number of hydrogen-bond acceptors (Lipinski definition) is 5. The topological polar surface area (TPSA) is 114 Å². The molecule has 8 nitrogen and oxygen atoms in total. The van der Waals surface area contributed by atoms with E-state index in [-0.39, 0.29) is 50.8 Å². The van der Waals surface area contributed by atoms with Crippen LogP contribution in [0.15, 0.2) is 70.2 Å². The Morgan fingerprint density at radius 1 is 1.11 bits per heavy atom. The van der Waals surface area contributed by atoms with Crippen LogP contribution in [0.1, 0.15) is 29.9 Å². The smallest absolute Gasteiger partial charge is 0.282 e. The van der Waals surface area contributed by atoms with Crippen LogP contribution in [0.3, 0.4) is 0 Å². The molecule has 11 heteroatoms. The molecule has 190 valence electrons. The lowest BCUT2D eigenvalue weighted by Crippen LogP contribution is -2.37. The Kier molecular flexibility index (Phi) is 5.95. The van der Waals surface area contributed by atoms with E-state index in [9.17, 15) is 22.4 Å². The number of hydrogen-bond donors (Lipinski definition) is 2. The van der Waals surface area contributed by atoms with Crippen LogP contribution in [0.25, 0.3) is 33.0 Å². The Bertz CT molecular complexity index is 1850. The molecule has 2 N–H and O–H groups in total. The van der Waals surface area contributed by atoms with Gasteiger partial charge in [-0.05, 0) is 44.2 Å². The minimum absolute atomic E-state index is 0.0242. The lowest BCUT2D eigenvalue weighted by molar-refractivity contribution is 0.0973. The maximum atomic E-state index is 15.1. The molecule has 0 aliphatic rings. The SMILES string of the molecule is CC(C)S(=O)(=O)NC(=O)c1c(-c2ccc[nH]c2=O)c2c3occc3c(F)cc2n1Cc1ccccc1F. The number of carbonyl (C=O) groups excluding carboxylic acids is 1. The van der Waals surface area contributed by atoms with E-state index in [0.717, 1.165) is 6.07 Å². The molecule has 0 aliphatic heterocycles. The third kappa shape index (κ3) is 4.10. The number of aromatic nitrogens is 2. The van der Waals surface area contributed by atoms with E-state index in [4.69, 9.17) is 4.42 Å². The van der Waals surface area contributed by atoms with Crippen LogP contribution in [0, 0.1) is 11.6 Å². The van der Waals surface area contributed by atoms with Crippen LogP contribution in [-0.4, -0.2) is 29.1 Å². The van der Waals surface area contributed by atoms with E-state index >= 15 is 4.39 Å². The third-order valence-electron chi connectivity index (χ3n) is 6.16. The number of halogens is 2. The summed E-state index contributed by atoms with van der Waals surface area (Å²) in [6.07, 6.45) is 2.67. The quantitative estimate of drug-likeness (QED) is 0.338. The van der Waals surface area contributed by atoms with Gasteiger partial charge < -0.3 is 14.0 Å². The van der Waals surface area contributed by atoms with Crippen molar-refractivity contribution in [3.8, 4) is 11.1 Å². The fraction of sp³-hybridized carbons (Fsp3) is 0.154. The molecule has 37 heavy (non-hydrogen) atoms. The minimum atomic E-state index is -4.10.